The molecule has 1 amide bonds. The summed E-state index contributed by atoms with van der Waals surface area (Å²) in [5.74, 6) is 0.446. The third-order valence-electron chi connectivity index (χ3n) is 2.07. The molecule has 0 spiro atoms. The number of halogens is 2. The van der Waals surface area contributed by atoms with Gasteiger partial charge in [0.25, 0.3) is 5.91 Å². The summed E-state index contributed by atoms with van der Waals surface area (Å²) in [7, 11) is 0. The Kier molecular flexibility index (Phi) is 3.96. The molecule has 2 rings (SSSR count). The van der Waals surface area contributed by atoms with Gasteiger partial charge < -0.3 is 5.32 Å². The second-order valence-corrected chi connectivity index (χ2v) is 6.76. The summed E-state index contributed by atoms with van der Waals surface area (Å²) < 4.78 is 1.83. The van der Waals surface area contributed by atoms with E-state index in [1.165, 1.54) is 11.3 Å². The predicted octanol–water partition coefficient (Wildman–Crippen LogP) is 4.23. The summed E-state index contributed by atoms with van der Waals surface area (Å²) in [6.45, 7) is 1.90. The van der Waals surface area contributed by atoms with Crippen LogP contribution in [0.4, 0.5) is 5.82 Å². The SMILES string of the molecule is Cc1cc(Br)cnc1NC(=O)c1ccc(Br)s1. The number of nitrogens with one attached hydrogen (secondary N) is 1. The van der Waals surface area contributed by atoms with Crippen LogP contribution >= 0.6 is 43.2 Å². The van der Waals surface area contributed by atoms with E-state index in [4.69, 9.17) is 0 Å². The lowest BCUT2D eigenvalue weighted by Crippen LogP contribution is -2.12. The number of nitrogens with zero attached hydrogens (tertiary/aromatic N) is 1. The number of thiophene rings is 1. The van der Waals surface area contributed by atoms with Crippen LogP contribution in [0.5, 0.6) is 0 Å². The van der Waals surface area contributed by atoms with Crippen LogP contribution in [0, 0.1) is 6.92 Å². The fourth-order valence-corrected chi connectivity index (χ4v) is 3.00. The van der Waals surface area contributed by atoms with Gasteiger partial charge in [-0.1, -0.05) is 0 Å². The summed E-state index contributed by atoms with van der Waals surface area (Å²) in [4.78, 5) is 16.7. The highest BCUT2D eigenvalue weighted by molar-refractivity contribution is 9.11. The van der Waals surface area contributed by atoms with Crippen molar-refractivity contribution in [1.82, 2.24) is 4.98 Å². The van der Waals surface area contributed by atoms with E-state index in [1.807, 2.05) is 19.1 Å². The normalized spacial score (nSPS) is 10.3. The zero-order chi connectivity index (χ0) is 12.4. The van der Waals surface area contributed by atoms with Gasteiger partial charge in [-0.2, -0.15) is 0 Å². The highest BCUT2D eigenvalue weighted by atomic mass is 79.9. The monoisotopic (exact) mass is 374 g/mol. The second-order valence-electron chi connectivity index (χ2n) is 3.38. The van der Waals surface area contributed by atoms with Gasteiger partial charge in [0.05, 0.1) is 8.66 Å². The van der Waals surface area contributed by atoms with E-state index in [1.54, 1.807) is 12.3 Å². The summed E-state index contributed by atoms with van der Waals surface area (Å²) in [5.41, 5.74) is 0.920. The molecule has 0 aliphatic rings. The molecule has 0 aliphatic heterocycles. The van der Waals surface area contributed by atoms with Gasteiger partial charge in [-0.3, -0.25) is 4.79 Å². The molecular weight excluding hydrogens is 368 g/mol. The molecule has 3 nitrogen and oxygen atoms in total. The Bertz CT molecular complexity index is 568. The third-order valence-corrected chi connectivity index (χ3v) is 4.13. The standard InChI is InChI=1S/C11H8Br2N2OS/c1-6-4-7(12)5-14-10(6)15-11(16)8-2-3-9(13)17-8/h2-5H,1H3,(H,14,15,16). The zero-order valence-electron chi connectivity index (χ0n) is 8.83. The van der Waals surface area contributed by atoms with Crippen LogP contribution in [-0.4, -0.2) is 10.9 Å². The number of carbonyl (C=O) groups excluding carboxylic acids is 1. The van der Waals surface area contributed by atoms with Crippen LogP contribution in [-0.2, 0) is 0 Å². The molecule has 0 unspecified atom stereocenters. The first kappa shape index (κ1) is 12.7. The number of aryl methyl sites for hydroxylation is 1. The number of rotatable bonds is 2. The first-order chi connectivity index (χ1) is 8.06. The fraction of sp³-hybridized carbons (Fsp3) is 0.0909. The lowest BCUT2D eigenvalue weighted by molar-refractivity contribution is 0.103. The molecule has 2 heterocycles. The number of pyridine rings is 1. The van der Waals surface area contributed by atoms with E-state index in [9.17, 15) is 4.79 Å². The van der Waals surface area contributed by atoms with Gasteiger partial charge in [0.15, 0.2) is 0 Å². The van der Waals surface area contributed by atoms with Gasteiger partial charge in [-0.05, 0) is 62.5 Å². The van der Waals surface area contributed by atoms with Gasteiger partial charge in [0.2, 0.25) is 0 Å². The molecule has 0 atom stereocenters. The number of carbonyl (C=O) groups is 1. The van der Waals surface area contributed by atoms with Gasteiger partial charge in [-0.15, -0.1) is 11.3 Å². The van der Waals surface area contributed by atoms with Crippen molar-refractivity contribution >= 4 is 54.9 Å². The summed E-state index contributed by atoms with van der Waals surface area (Å²) in [5, 5.41) is 2.79. The van der Waals surface area contributed by atoms with Gasteiger partial charge >= 0.3 is 0 Å². The van der Waals surface area contributed by atoms with Gasteiger partial charge in [-0.25, -0.2) is 4.98 Å². The molecule has 0 saturated carbocycles. The number of hydrogen-bond donors (Lipinski definition) is 1. The molecule has 0 radical (unpaired) electrons. The molecule has 1 N–H and O–H groups in total. The Morgan fingerprint density at radius 3 is 2.76 bits per heavy atom. The van der Waals surface area contributed by atoms with Crippen molar-refractivity contribution in [3.05, 3.63) is 43.1 Å². The fourth-order valence-electron chi connectivity index (χ4n) is 1.28. The average molecular weight is 376 g/mol. The highest BCUT2D eigenvalue weighted by Crippen LogP contribution is 2.23. The average Bonchev–Trinajstić information content (AvgIpc) is 2.69. The van der Waals surface area contributed by atoms with Crippen LogP contribution in [0.15, 0.2) is 32.7 Å². The third kappa shape index (κ3) is 3.14. The lowest BCUT2D eigenvalue weighted by Gasteiger charge is -2.06. The van der Waals surface area contributed by atoms with Crippen LogP contribution in [0.3, 0.4) is 0 Å². The van der Waals surface area contributed by atoms with E-state index in [2.05, 4.69) is 42.2 Å². The largest absolute Gasteiger partial charge is 0.306 e. The predicted molar refractivity (Wildman–Crippen MR) is 76.6 cm³/mol. The van der Waals surface area contributed by atoms with E-state index >= 15 is 0 Å². The van der Waals surface area contributed by atoms with Crippen LogP contribution in [0.2, 0.25) is 0 Å². The number of anilines is 1. The molecule has 0 saturated heterocycles. The Morgan fingerprint density at radius 1 is 1.41 bits per heavy atom. The van der Waals surface area contributed by atoms with Crippen molar-refractivity contribution in [1.29, 1.82) is 0 Å². The summed E-state index contributed by atoms with van der Waals surface area (Å²) in [6.07, 6.45) is 1.66. The second kappa shape index (κ2) is 5.29. The lowest BCUT2D eigenvalue weighted by atomic mass is 10.3. The molecule has 0 bridgehead atoms. The highest BCUT2D eigenvalue weighted by Gasteiger charge is 2.10. The maximum atomic E-state index is 11.9. The van der Waals surface area contributed by atoms with Crippen molar-refractivity contribution in [2.75, 3.05) is 5.32 Å². The van der Waals surface area contributed by atoms with Crippen LogP contribution in [0.1, 0.15) is 15.2 Å². The molecule has 2 aromatic rings. The number of aromatic nitrogens is 1. The molecule has 2 aromatic heterocycles. The Hall–Kier alpha value is -0.720. The van der Waals surface area contributed by atoms with E-state index in [-0.39, 0.29) is 5.91 Å². The Labute approximate surface area is 120 Å². The van der Waals surface area contributed by atoms with Crippen molar-refractivity contribution in [2.45, 2.75) is 6.92 Å². The molecule has 0 aliphatic carbocycles. The molecule has 17 heavy (non-hydrogen) atoms. The molecule has 88 valence electrons. The number of hydrogen-bond acceptors (Lipinski definition) is 3. The first-order valence-corrected chi connectivity index (χ1v) is 7.15. The van der Waals surface area contributed by atoms with Gasteiger partial charge in [0, 0.05) is 10.7 Å². The summed E-state index contributed by atoms with van der Waals surface area (Å²) in [6, 6.07) is 5.53. The molecule has 0 aromatic carbocycles. The maximum absolute atomic E-state index is 11.9. The Balaban J connectivity index is 2.18. The van der Waals surface area contributed by atoms with Gasteiger partial charge in [0.1, 0.15) is 5.82 Å². The quantitative estimate of drug-likeness (QED) is 0.853. The zero-order valence-corrected chi connectivity index (χ0v) is 12.8. The van der Waals surface area contributed by atoms with E-state index in [0.29, 0.717) is 10.7 Å². The van der Waals surface area contributed by atoms with E-state index in [0.717, 1.165) is 13.8 Å². The Morgan fingerprint density at radius 2 is 2.18 bits per heavy atom. The van der Waals surface area contributed by atoms with Crippen molar-refractivity contribution in [3.8, 4) is 0 Å². The first-order valence-electron chi connectivity index (χ1n) is 4.75. The molecule has 6 heteroatoms. The van der Waals surface area contributed by atoms with Crippen molar-refractivity contribution < 1.29 is 4.79 Å². The van der Waals surface area contributed by atoms with Crippen molar-refractivity contribution in [2.24, 2.45) is 0 Å². The smallest absolute Gasteiger partial charge is 0.266 e. The minimum absolute atomic E-state index is 0.140. The minimum atomic E-state index is -0.140. The van der Waals surface area contributed by atoms with Crippen LogP contribution < -0.4 is 5.32 Å². The molecular formula is C11H8Br2N2OS. The summed E-state index contributed by atoms with van der Waals surface area (Å²) >= 11 is 8.05. The molecule has 0 fully saturated rings. The van der Waals surface area contributed by atoms with Crippen LogP contribution in [0.25, 0.3) is 0 Å². The minimum Gasteiger partial charge on any atom is -0.306 e. The topological polar surface area (TPSA) is 42.0 Å². The maximum Gasteiger partial charge on any atom is 0.266 e. The van der Waals surface area contributed by atoms with E-state index < -0.39 is 0 Å². The number of amides is 1. The van der Waals surface area contributed by atoms with Crippen molar-refractivity contribution in [3.63, 3.8) is 0 Å².